The Kier molecular flexibility index (Phi) is 8.39. The molecule has 0 spiro atoms. The number of carbonyl (C=O) groups is 1. The van der Waals surface area contributed by atoms with E-state index in [1.54, 1.807) is 37.3 Å². The second-order valence-corrected chi connectivity index (χ2v) is 9.18. The predicted octanol–water partition coefficient (Wildman–Crippen LogP) is 4.74. The molecule has 0 saturated carbocycles. The van der Waals surface area contributed by atoms with Crippen LogP contribution in [0.15, 0.2) is 42.5 Å². The molecule has 0 atom stereocenters. The van der Waals surface area contributed by atoms with E-state index in [1.165, 1.54) is 11.3 Å². The van der Waals surface area contributed by atoms with Crippen molar-refractivity contribution in [1.29, 1.82) is 0 Å². The summed E-state index contributed by atoms with van der Waals surface area (Å²) < 4.78 is 17.3. The zero-order valence-corrected chi connectivity index (χ0v) is 20.9. The molecule has 1 fully saturated rings. The number of ether oxygens (including phenoxy) is 3. The number of anilines is 1. The normalized spacial score (nSPS) is 14.6. The van der Waals surface area contributed by atoms with E-state index in [0.717, 1.165) is 49.5 Å². The first kappa shape index (κ1) is 24.5. The van der Waals surface area contributed by atoms with Crippen molar-refractivity contribution in [3.05, 3.63) is 53.1 Å². The summed E-state index contributed by atoms with van der Waals surface area (Å²) in [6.45, 7) is 4.75. The van der Waals surface area contributed by atoms with Crippen LogP contribution < -0.4 is 14.4 Å². The third-order valence-electron chi connectivity index (χ3n) is 5.67. The van der Waals surface area contributed by atoms with Crippen molar-refractivity contribution in [1.82, 2.24) is 9.88 Å². The number of morpholine rings is 1. The molecule has 0 unspecified atom stereocenters. The van der Waals surface area contributed by atoms with Gasteiger partial charge in [0.2, 0.25) is 0 Å². The lowest BCUT2D eigenvalue weighted by Gasteiger charge is -2.27. The van der Waals surface area contributed by atoms with Crippen molar-refractivity contribution in [2.24, 2.45) is 0 Å². The molecule has 1 amide bonds. The second kappa shape index (κ2) is 11.7. The first-order valence-corrected chi connectivity index (χ1v) is 12.4. The molecule has 7 nitrogen and oxygen atoms in total. The lowest BCUT2D eigenvalue weighted by molar-refractivity contribution is -0.114. The Labute approximate surface area is 208 Å². The van der Waals surface area contributed by atoms with Crippen LogP contribution >= 0.6 is 22.9 Å². The number of fused-ring (bicyclic) bond motifs is 1. The molecule has 0 aliphatic carbocycles. The molecule has 1 saturated heterocycles. The van der Waals surface area contributed by atoms with Gasteiger partial charge in [-0.1, -0.05) is 41.1 Å². The van der Waals surface area contributed by atoms with Crippen molar-refractivity contribution >= 4 is 50.3 Å². The zero-order chi connectivity index (χ0) is 23.9. The number of rotatable bonds is 9. The van der Waals surface area contributed by atoms with E-state index in [0.29, 0.717) is 33.7 Å². The Bertz CT molecular complexity index is 1120. The molecule has 0 N–H and O–H groups in total. The zero-order valence-electron chi connectivity index (χ0n) is 19.3. The van der Waals surface area contributed by atoms with Crippen LogP contribution in [0.2, 0.25) is 5.02 Å². The number of hydrogen-bond acceptors (Lipinski definition) is 7. The highest BCUT2D eigenvalue weighted by molar-refractivity contribution is 7.22. The van der Waals surface area contributed by atoms with Gasteiger partial charge in [0.05, 0.1) is 27.4 Å². The minimum absolute atomic E-state index is 0.154. The van der Waals surface area contributed by atoms with Gasteiger partial charge >= 0.3 is 0 Å². The Morgan fingerprint density at radius 3 is 2.65 bits per heavy atom. The summed E-state index contributed by atoms with van der Waals surface area (Å²) in [5, 5.41) is 1.20. The molecular weight excluding hydrogens is 474 g/mol. The van der Waals surface area contributed by atoms with Crippen LogP contribution in [-0.2, 0) is 9.53 Å². The molecule has 0 radical (unpaired) electrons. The van der Waals surface area contributed by atoms with Gasteiger partial charge in [-0.15, -0.1) is 0 Å². The standard InChI is InChI=1S/C25H28ClN3O4S/c1-31-20-9-10-21(32-2)24-23(20)27-25(34-24)29(13-5-12-28-14-16-33-17-15-28)22(30)11-8-18-6-3-4-7-19(18)26/h3-4,6-11H,5,12-17H2,1-2H3/b11-8+. The lowest BCUT2D eigenvalue weighted by atomic mass is 10.2. The van der Waals surface area contributed by atoms with Gasteiger partial charge in [-0.2, -0.15) is 0 Å². The van der Waals surface area contributed by atoms with Gasteiger partial charge < -0.3 is 14.2 Å². The quantitative estimate of drug-likeness (QED) is 0.395. The van der Waals surface area contributed by atoms with Crippen molar-refractivity contribution in [3.63, 3.8) is 0 Å². The average Bonchev–Trinajstić information content (AvgIpc) is 3.31. The van der Waals surface area contributed by atoms with Crippen molar-refractivity contribution < 1.29 is 19.0 Å². The smallest absolute Gasteiger partial charge is 0.252 e. The van der Waals surface area contributed by atoms with E-state index in [1.807, 2.05) is 30.3 Å². The number of hydrogen-bond donors (Lipinski definition) is 0. The summed E-state index contributed by atoms with van der Waals surface area (Å²) >= 11 is 7.68. The number of thiazole rings is 1. The van der Waals surface area contributed by atoms with Gasteiger partial charge in [0.1, 0.15) is 21.7 Å². The topological polar surface area (TPSA) is 64.1 Å². The van der Waals surface area contributed by atoms with Crippen LogP contribution in [0.25, 0.3) is 16.3 Å². The maximum absolute atomic E-state index is 13.4. The minimum atomic E-state index is -0.154. The van der Waals surface area contributed by atoms with Gasteiger partial charge in [0.25, 0.3) is 5.91 Å². The van der Waals surface area contributed by atoms with E-state index < -0.39 is 0 Å². The van der Waals surface area contributed by atoms with E-state index in [-0.39, 0.29) is 5.91 Å². The van der Waals surface area contributed by atoms with Gasteiger partial charge in [0.15, 0.2) is 5.13 Å². The van der Waals surface area contributed by atoms with Gasteiger partial charge in [0, 0.05) is 37.3 Å². The molecule has 3 aromatic rings. The van der Waals surface area contributed by atoms with E-state index in [9.17, 15) is 4.79 Å². The van der Waals surface area contributed by atoms with Crippen LogP contribution in [0.5, 0.6) is 11.5 Å². The van der Waals surface area contributed by atoms with Crippen molar-refractivity contribution in [3.8, 4) is 11.5 Å². The third kappa shape index (κ3) is 5.70. The fourth-order valence-corrected chi connectivity index (χ4v) is 5.13. The van der Waals surface area contributed by atoms with Gasteiger partial charge in [-0.3, -0.25) is 14.6 Å². The predicted molar refractivity (Wildman–Crippen MR) is 137 cm³/mol. The fourth-order valence-electron chi connectivity index (χ4n) is 3.83. The summed E-state index contributed by atoms with van der Waals surface area (Å²) in [5.74, 6) is 1.19. The Morgan fingerprint density at radius 2 is 1.91 bits per heavy atom. The molecular formula is C25H28ClN3O4S. The van der Waals surface area contributed by atoms with Crippen molar-refractivity contribution in [2.45, 2.75) is 6.42 Å². The Hall–Kier alpha value is -2.65. The van der Waals surface area contributed by atoms with Crippen molar-refractivity contribution in [2.75, 3.05) is 58.5 Å². The molecule has 9 heteroatoms. The molecule has 34 heavy (non-hydrogen) atoms. The summed E-state index contributed by atoms with van der Waals surface area (Å²) in [6, 6.07) is 11.1. The molecule has 0 bridgehead atoms. The number of methoxy groups -OCH3 is 2. The lowest BCUT2D eigenvalue weighted by Crippen LogP contribution is -2.39. The summed E-state index contributed by atoms with van der Waals surface area (Å²) in [5.41, 5.74) is 1.47. The molecule has 1 aromatic heterocycles. The molecule has 2 heterocycles. The number of amides is 1. The monoisotopic (exact) mass is 501 g/mol. The highest BCUT2D eigenvalue weighted by atomic mass is 35.5. The summed E-state index contributed by atoms with van der Waals surface area (Å²) in [7, 11) is 3.23. The highest BCUT2D eigenvalue weighted by Crippen LogP contribution is 2.40. The number of halogens is 1. The third-order valence-corrected chi connectivity index (χ3v) is 7.10. The Balaban J connectivity index is 1.61. The van der Waals surface area contributed by atoms with E-state index in [2.05, 4.69) is 4.90 Å². The van der Waals surface area contributed by atoms with E-state index >= 15 is 0 Å². The number of aromatic nitrogens is 1. The molecule has 1 aliphatic rings. The number of benzene rings is 2. The van der Waals surface area contributed by atoms with Crippen LogP contribution in [0.4, 0.5) is 5.13 Å². The maximum atomic E-state index is 13.4. The molecule has 1 aliphatic heterocycles. The molecule has 4 rings (SSSR count). The fraction of sp³-hybridized carbons (Fsp3) is 0.360. The van der Waals surface area contributed by atoms with Gasteiger partial charge in [-0.25, -0.2) is 4.98 Å². The second-order valence-electron chi connectivity index (χ2n) is 7.80. The SMILES string of the molecule is COc1ccc(OC)c2sc(N(CCCN3CCOCC3)C(=O)/C=C/c3ccccc3Cl)nc12. The first-order valence-electron chi connectivity index (χ1n) is 11.2. The Morgan fingerprint density at radius 1 is 1.18 bits per heavy atom. The average molecular weight is 502 g/mol. The summed E-state index contributed by atoms with van der Waals surface area (Å²) in [6.07, 6.45) is 4.11. The molecule has 180 valence electrons. The van der Waals surface area contributed by atoms with E-state index in [4.69, 9.17) is 30.8 Å². The largest absolute Gasteiger partial charge is 0.495 e. The van der Waals surface area contributed by atoms with Crippen LogP contribution in [0.3, 0.4) is 0 Å². The summed E-state index contributed by atoms with van der Waals surface area (Å²) in [4.78, 5) is 22.2. The van der Waals surface area contributed by atoms with Gasteiger partial charge in [-0.05, 0) is 36.3 Å². The molecule has 2 aromatic carbocycles. The van der Waals surface area contributed by atoms with Crippen LogP contribution in [-0.4, -0.2) is 69.4 Å². The minimum Gasteiger partial charge on any atom is -0.495 e. The highest BCUT2D eigenvalue weighted by Gasteiger charge is 2.22. The first-order chi connectivity index (χ1) is 16.6. The van der Waals surface area contributed by atoms with Crippen LogP contribution in [0.1, 0.15) is 12.0 Å². The maximum Gasteiger partial charge on any atom is 0.252 e. The van der Waals surface area contributed by atoms with Crippen LogP contribution in [0, 0.1) is 0 Å². The number of carbonyl (C=O) groups excluding carboxylic acids is 1. The number of nitrogens with zero attached hydrogens (tertiary/aromatic N) is 3.